The molecule has 1 heterocycles. The maximum Gasteiger partial charge on any atom is 0.241 e. The Hall–Kier alpha value is -1.11. The lowest BCUT2D eigenvalue weighted by molar-refractivity contribution is 0.459. The van der Waals surface area contributed by atoms with Crippen LogP contribution in [0.15, 0.2) is 56.4 Å². The van der Waals surface area contributed by atoms with Gasteiger partial charge in [0.25, 0.3) is 0 Å². The third kappa shape index (κ3) is 3.01. The van der Waals surface area contributed by atoms with E-state index in [2.05, 4.69) is 20.7 Å². The fourth-order valence-electron chi connectivity index (χ4n) is 1.51. The van der Waals surface area contributed by atoms with Crippen LogP contribution in [0.3, 0.4) is 0 Å². The van der Waals surface area contributed by atoms with Gasteiger partial charge in [-0.05, 0) is 43.3 Å². The number of rotatable bonds is 4. The van der Waals surface area contributed by atoms with Gasteiger partial charge in [-0.3, -0.25) is 0 Å². The number of hydrogen-bond donors (Lipinski definition) is 1. The first-order chi connectivity index (χ1) is 8.49. The Morgan fingerprint density at radius 3 is 2.44 bits per heavy atom. The molecular formula is C12H12BrNO3S. The van der Waals surface area contributed by atoms with Gasteiger partial charge < -0.3 is 4.42 Å². The average Bonchev–Trinajstić information content (AvgIpc) is 2.82. The van der Waals surface area contributed by atoms with Gasteiger partial charge in [-0.1, -0.05) is 15.9 Å². The lowest BCUT2D eigenvalue weighted by Gasteiger charge is -2.12. The molecule has 0 bridgehead atoms. The lowest BCUT2D eigenvalue weighted by Crippen LogP contribution is -2.26. The van der Waals surface area contributed by atoms with E-state index >= 15 is 0 Å². The Labute approximate surface area is 114 Å². The highest BCUT2D eigenvalue weighted by Crippen LogP contribution is 2.18. The second-order valence-electron chi connectivity index (χ2n) is 3.81. The van der Waals surface area contributed by atoms with E-state index in [1.807, 2.05) is 0 Å². The van der Waals surface area contributed by atoms with Crippen molar-refractivity contribution in [1.29, 1.82) is 0 Å². The van der Waals surface area contributed by atoms with Crippen LogP contribution in [0, 0.1) is 0 Å². The number of furan rings is 1. The zero-order chi connectivity index (χ0) is 13.2. The zero-order valence-corrected chi connectivity index (χ0v) is 12.0. The summed E-state index contributed by atoms with van der Waals surface area (Å²) in [5, 5.41) is 0. The summed E-state index contributed by atoms with van der Waals surface area (Å²) in [4.78, 5) is 0.226. The third-order valence-electron chi connectivity index (χ3n) is 2.43. The van der Waals surface area contributed by atoms with Crippen LogP contribution in [0.25, 0.3) is 0 Å². The summed E-state index contributed by atoms with van der Waals surface area (Å²) in [6.45, 7) is 1.73. The molecule has 0 aliphatic carbocycles. The summed E-state index contributed by atoms with van der Waals surface area (Å²) < 4.78 is 32.7. The van der Waals surface area contributed by atoms with Gasteiger partial charge in [0.05, 0.1) is 17.2 Å². The largest absolute Gasteiger partial charge is 0.468 e. The fraction of sp³-hybridized carbons (Fsp3) is 0.167. The van der Waals surface area contributed by atoms with Crippen LogP contribution < -0.4 is 4.72 Å². The number of benzene rings is 1. The number of sulfonamides is 1. The van der Waals surface area contributed by atoms with Crippen molar-refractivity contribution in [3.63, 3.8) is 0 Å². The molecule has 6 heteroatoms. The molecule has 0 amide bonds. The van der Waals surface area contributed by atoms with Crippen LogP contribution in [0.1, 0.15) is 18.7 Å². The number of hydrogen-bond acceptors (Lipinski definition) is 3. The van der Waals surface area contributed by atoms with E-state index in [0.717, 1.165) is 4.47 Å². The van der Waals surface area contributed by atoms with Crippen molar-refractivity contribution in [1.82, 2.24) is 4.72 Å². The van der Waals surface area contributed by atoms with Gasteiger partial charge in [0.15, 0.2) is 0 Å². The van der Waals surface area contributed by atoms with Crippen molar-refractivity contribution in [3.8, 4) is 0 Å². The number of nitrogens with one attached hydrogen (secondary N) is 1. The van der Waals surface area contributed by atoms with Crippen LogP contribution in [0.2, 0.25) is 0 Å². The predicted octanol–water partition coefficient (Wildman–Crippen LogP) is 3.08. The van der Waals surface area contributed by atoms with Crippen molar-refractivity contribution in [3.05, 3.63) is 52.9 Å². The Bertz CT molecular complexity index is 605. The second kappa shape index (κ2) is 5.26. The van der Waals surface area contributed by atoms with E-state index in [1.54, 1.807) is 43.3 Å². The average molecular weight is 330 g/mol. The minimum atomic E-state index is -3.53. The van der Waals surface area contributed by atoms with E-state index in [1.165, 1.54) is 6.26 Å². The molecular weight excluding hydrogens is 318 g/mol. The smallest absolute Gasteiger partial charge is 0.241 e. The molecule has 2 rings (SSSR count). The van der Waals surface area contributed by atoms with Gasteiger partial charge in [0.2, 0.25) is 10.0 Å². The van der Waals surface area contributed by atoms with Gasteiger partial charge in [-0.15, -0.1) is 0 Å². The van der Waals surface area contributed by atoms with Crippen molar-refractivity contribution >= 4 is 26.0 Å². The minimum absolute atomic E-state index is 0.226. The van der Waals surface area contributed by atoms with Crippen LogP contribution in [0.4, 0.5) is 0 Å². The van der Waals surface area contributed by atoms with Gasteiger partial charge in [-0.25, -0.2) is 13.1 Å². The first-order valence-corrected chi connectivity index (χ1v) is 7.58. The highest BCUT2D eigenvalue weighted by atomic mass is 79.9. The lowest BCUT2D eigenvalue weighted by atomic mass is 10.3. The van der Waals surface area contributed by atoms with Crippen LogP contribution in [-0.2, 0) is 10.0 Å². The minimum Gasteiger partial charge on any atom is -0.468 e. The molecule has 4 nitrogen and oxygen atoms in total. The molecule has 96 valence electrons. The standard InChI is InChI=1S/C12H12BrNO3S/c1-9(12-3-2-8-17-12)14-18(15,16)11-6-4-10(13)5-7-11/h2-9,14H,1H3/t9-/m0/s1. The third-order valence-corrected chi connectivity index (χ3v) is 4.51. The normalized spacial score (nSPS) is 13.4. The van der Waals surface area contributed by atoms with Gasteiger partial charge in [0.1, 0.15) is 5.76 Å². The van der Waals surface area contributed by atoms with Crippen molar-refractivity contribution in [2.75, 3.05) is 0 Å². The van der Waals surface area contributed by atoms with Gasteiger partial charge >= 0.3 is 0 Å². The Morgan fingerprint density at radius 2 is 1.89 bits per heavy atom. The highest BCUT2D eigenvalue weighted by molar-refractivity contribution is 9.10. The summed E-state index contributed by atoms with van der Waals surface area (Å²) in [5.41, 5.74) is 0. The quantitative estimate of drug-likeness (QED) is 0.937. The molecule has 0 spiro atoms. The molecule has 18 heavy (non-hydrogen) atoms. The SMILES string of the molecule is C[C@H](NS(=O)(=O)c1ccc(Br)cc1)c1ccco1. The highest BCUT2D eigenvalue weighted by Gasteiger charge is 2.19. The van der Waals surface area contributed by atoms with Gasteiger partial charge in [-0.2, -0.15) is 0 Å². The molecule has 0 saturated carbocycles. The monoisotopic (exact) mass is 329 g/mol. The number of halogens is 1. The molecule has 0 saturated heterocycles. The summed E-state index contributed by atoms with van der Waals surface area (Å²) in [6.07, 6.45) is 1.51. The summed E-state index contributed by atoms with van der Waals surface area (Å²) in [5.74, 6) is 0.579. The van der Waals surface area contributed by atoms with Crippen molar-refractivity contribution in [2.24, 2.45) is 0 Å². The Balaban J connectivity index is 2.20. The van der Waals surface area contributed by atoms with E-state index in [4.69, 9.17) is 4.42 Å². The molecule has 1 aromatic carbocycles. The summed E-state index contributed by atoms with van der Waals surface area (Å²) in [6, 6.07) is 9.50. The first-order valence-electron chi connectivity index (χ1n) is 5.30. The van der Waals surface area contributed by atoms with Crippen LogP contribution in [0.5, 0.6) is 0 Å². The van der Waals surface area contributed by atoms with Crippen LogP contribution in [-0.4, -0.2) is 8.42 Å². The zero-order valence-electron chi connectivity index (χ0n) is 9.63. The van der Waals surface area contributed by atoms with Gasteiger partial charge in [0, 0.05) is 4.47 Å². The van der Waals surface area contributed by atoms with E-state index in [9.17, 15) is 8.42 Å². The van der Waals surface area contributed by atoms with E-state index in [-0.39, 0.29) is 4.90 Å². The molecule has 1 atom stereocenters. The molecule has 1 N–H and O–H groups in total. The molecule has 0 unspecified atom stereocenters. The molecule has 0 aliphatic heterocycles. The predicted molar refractivity (Wildman–Crippen MR) is 71.6 cm³/mol. The maximum atomic E-state index is 12.1. The Kier molecular flexibility index (Phi) is 3.89. The molecule has 0 fully saturated rings. The van der Waals surface area contributed by atoms with Crippen molar-refractivity contribution < 1.29 is 12.8 Å². The molecule has 0 aliphatic rings. The molecule has 1 aromatic heterocycles. The van der Waals surface area contributed by atoms with Crippen molar-refractivity contribution in [2.45, 2.75) is 17.9 Å². The first kappa shape index (κ1) is 13.3. The molecule has 0 radical (unpaired) electrons. The fourth-order valence-corrected chi connectivity index (χ4v) is 2.99. The Morgan fingerprint density at radius 1 is 1.22 bits per heavy atom. The van der Waals surface area contributed by atoms with E-state index in [0.29, 0.717) is 5.76 Å². The summed E-state index contributed by atoms with van der Waals surface area (Å²) >= 11 is 3.26. The summed E-state index contributed by atoms with van der Waals surface area (Å²) in [7, 11) is -3.53. The topological polar surface area (TPSA) is 59.3 Å². The maximum absolute atomic E-state index is 12.1. The van der Waals surface area contributed by atoms with Crippen LogP contribution >= 0.6 is 15.9 Å². The second-order valence-corrected chi connectivity index (χ2v) is 6.44. The molecule has 2 aromatic rings. The van der Waals surface area contributed by atoms with E-state index < -0.39 is 16.1 Å².